The third kappa shape index (κ3) is 2.68. The Balaban J connectivity index is 0.00000108. The first kappa shape index (κ1) is 13.0. The Labute approximate surface area is 112 Å². The van der Waals surface area contributed by atoms with Gasteiger partial charge in [-0.1, -0.05) is 11.6 Å². The predicted octanol–water partition coefficient (Wildman–Crippen LogP) is 1.93. The summed E-state index contributed by atoms with van der Waals surface area (Å²) in [7, 11) is 0. The molecule has 1 unspecified atom stereocenters. The fourth-order valence-corrected chi connectivity index (χ4v) is 2.59. The molecule has 0 radical (unpaired) electrons. The van der Waals surface area contributed by atoms with Crippen molar-refractivity contribution in [2.45, 2.75) is 12.6 Å². The number of rotatable bonds is 0. The molecule has 0 spiro atoms. The van der Waals surface area contributed by atoms with Gasteiger partial charge in [0.1, 0.15) is 12.4 Å². The normalized spacial score (nSPS) is 23.7. The number of halogens is 2. The lowest BCUT2D eigenvalue weighted by molar-refractivity contribution is 0.120. The van der Waals surface area contributed by atoms with Crippen molar-refractivity contribution in [2.75, 3.05) is 26.2 Å². The molecule has 1 atom stereocenters. The second-order valence-electron chi connectivity index (χ2n) is 4.39. The van der Waals surface area contributed by atoms with Gasteiger partial charge in [-0.2, -0.15) is 0 Å². The van der Waals surface area contributed by atoms with Gasteiger partial charge in [0.15, 0.2) is 0 Å². The minimum Gasteiger partial charge on any atom is -0.492 e. The van der Waals surface area contributed by atoms with E-state index in [1.165, 1.54) is 5.56 Å². The van der Waals surface area contributed by atoms with Gasteiger partial charge in [0.05, 0.1) is 6.04 Å². The Morgan fingerprint density at radius 2 is 2.29 bits per heavy atom. The van der Waals surface area contributed by atoms with E-state index >= 15 is 0 Å². The first-order valence-corrected chi connectivity index (χ1v) is 6.07. The van der Waals surface area contributed by atoms with Crippen molar-refractivity contribution in [2.24, 2.45) is 0 Å². The van der Waals surface area contributed by atoms with Crippen LogP contribution in [0, 0.1) is 0 Å². The van der Waals surface area contributed by atoms with Crippen molar-refractivity contribution in [1.29, 1.82) is 0 Å². The summed E-state index contributed by atoms with van der Waals surface area (Å²) >= 11 is 6.02. The molecule has 1 aromatic carbocycles. The summed E-state index contributed by atoms with van der Waals surface area (Å²) in [6.45, 7) is 4.87. The number of piperazine rings is 1. The number of hydrogen-bond acceptors (Lipinski definition) is 3. The highest BCUT2D eigenvalue weighted by Gasteiger charge is 2.26. The standard InChI is InChI=1S/C12H15ClN2O.ClH/c13-10-1-2-12-9(5-10)7-15-4-3-14-6-11(15)8-16-12;/h1-2,5,11,14H,3-4,6-8H2;1H. The van der Waals surface area contributed by atoms with Gasteiger partial charge in [0.2, 0.25) is 0 Å². The second-order valence-corrected chi connectivity index (χ2v) is 4.83. The van der Waals surface area contributed by atoms with Crippen LogP contribution in [0.1, 0.15) is 5.56 Å². The highest BCUT2D eigenvalue weighted by molar-refractivity contribution is 6.30. The van der Waals surface area contributed by atoms with E-state index in [4.69, 9.17) is 16.3 Å². The van der Waals surface area contributed by atoms with Gasteiger partial charge in [0, 0.05) is 36.8 Å². The summed E-state index contributed by atoms with van der Waals surface area (Å²) in [4.78, 5) is 2.47. The topological polar surface area (TPSA) is 24.5 Å². The van der Waals surface area contributed by atoms with E-state index < -0.39 is 0 Å². The third-order valence-electron chi connectivity index (χ3n) is 3.30. The first-order chi connectivity index (χ1) is 7.83. The van der Waals surface area contributed by atoms with Gasteiger partial charge >= 0.3 is 0 Å². The monoisotopic (exact) mass is 274 g/mol. The van der Waals surface area contributed by atoms with Crippen molar-refractivity contribution in [3.63, 3.8) is 0 Å². The van der Waals surface area contributed by atoms with Crippen molar-refractivity contribution >= 4 is 24.0 Å². The summed E-state index contributed by atoms with van der Waals surface area (Å²) in [5.74, 6) is 0.985. The fraction of sp³-hybridized carbons (Fsp3) is 0.500. The molecule has 2 aliphatic rings. The molecule has 3 nitrogen and oxygen atoms in total. The Kier molecular flexibility index (Phi) is 4.15. The minimum atomic E-state index is 0. The molecule has 2 heterocycles. The second kappa shape index (κ2) is 5.44. The number of nitrogens with zero attached hydrogens (tertiary/aromatic N) is 1. The van der Waals surface area contributed by atoms with Crippen LogP contribution in [0.5, 0.6) is 5.75 Å². The van der Waals surface area contributed by atoms with Crippen molar-refractivity contribution in [3.05, 3.63) is 28.8 Å². The number of ether oxygens (including phenoxy) is 1. The maximum absolute atomic E-state index is 6.02. The number of benzene rings is 1. The Morgan fingerprint density at radius 3 is 3.18 bits per heavy atom. The van der Waals surface area contributed by atoms with Crippen LogP contribution < -0.4 is 10.1 Å². The van der Waals surface area contributed by atoms with Crippen LogP contribution >= 0.6 is 24.0 Å². The van der Waals surface area contributed by atoms with Crippen LogP contribution in [0.3, 0.4) is 0 Å². The van der Waals surface area contributed by atoms with Gasteiger partial charge in [0.25, 0.3) is 0 Å². The molecule has 1 fully saturated rings. The highest BCUT2D eigenvalue weighted by Crippen LogP contribution is 2.28. The summed E-state index contributed by atoms with van der Waals surface area (Å²) in [6.07, 6.45) is 0. The van der Waals surface area contributed by atoms with Crippen LogP contribution in [0.25, 0.3) is 0 Å². The lowest BCUT2D eigenvalue weighted by Gasteiger charge is -2.33. The minimum absolute atomic E-state index is 0. The van der Waals surface area contributed by atoms with Gasteiger partial charge in [-0.15, -0.1) is 12.4 Å². The molecule has 0 saturated carbocycles. The van der Waals surface area contributed by atoms with E-state index in [0.717, 1.165) is 43.6 Å². The van der Waals surface area contributed by atoms with Crippen LogP contribution in [0.2, 0.25) is 5.02 Å². The molecule has 0 bridgehead atoms. The van der Waals surface area contributed by atoms with E-state index in [2.05, 4.69) is 10.2 Å². The Morgan fingerprint density at radius 1 is 1.41 bits per heavy atom. The molecule has 0 aliphatic carbocycles. The molecule has 3 rings (SSSR count). The molecular weight excluding hydrogens is 259 g/mol. The summed E-state index contributed by atoms with van der Waals surface area (Å²) in [5, 5.41) is 4.19. The van der Waals surface area contributed by atoms with Crippen LogP contribution in [-0.4, -0.2) is 37.2 Å². The number of hydrogen-bond donors (Lipinski definition) is 1. The van der Waals surface area contributed by atoms with Crippen LogP contribution in [0.4, 0.5) is 0 Å². The predicted molar refractivity (Wildman–Crippen MR) is 71.3 cm³/mol. The first-order valence-electron chi connectivity index (χ1n) is 5.69. The molecule has 1 saturated heterocycles. The zero-order valence-electron chi connectivity index (χ0n) is 9.49. The molecule has 94 valence electrons. The lowest BCUT2D eigenvalue weighted by Crippen LogP contribution is -2.52. The largest absolute Gasteiger partial charge is 0.492 e. The van der Waals surface area contributed by atoms with E-state index in [1.807, 2.05) is 18.2 Å². The zero-order valence-corrected chi connectivity index (χ0v) is 11.1. The third-order valence-corrected chi connectivity index (χ3v) is 3.53. The zero-order chi connectivity index (χ0) is 11.0. The highest BCUT2D eigenvalue weighted by atomic mass is 35.5. The molecule has 2 aliphatic heterocycles. The van der Waals surface area contributed by atoms with Gasteiger partial charge < -0.3 is 10.1 Å². The molecule has 17 heavy (non-hydrogen) atoms. The molecule has 1 N–H and O–H groups in total. The summed E-state index contributed by atoms with van der Waals surface area (Å²) in [5.41, 5.74) is 1.21. The van der Waals surface area contributed by atoms with Gasteiger partial charge in [-0.05, 0) is 18.2 Å². The summed E-state index contributed by atoms with van der Waals surface area (Å²) in [6, 6.07) is 6.37. The SMILES string of the molecule is Cl.Clc1ccc2c(c1)CN1CCNCC1CO2. The van der Waals surface area contributed by atoms with E-state index in [-0.39, 0.29) is 12.4 Å². The Bertz CT molecular complexity index is 400. The smallest absolute Gasteiger partial charge is 0.123 e. The molecular formula is C12H16Cl2N2O. The van der Waals surface area contributed by atoms with Crippen molar-refractivity contribution in [3.8, 4) is 5.75 Å². The maximum Gasteiger partial charge on any atom is 0.123 e. The number of fused-ring (bicyclic) bond motifs is 2. The molecule has 0 amide bonds. The lowest BCUT2D eigenvalue weighted by atomic mass is 10.1. The molecule has 1 aromatic rings. The van der Waals surface area contributed by atoms with E-state index in [0.29, 0.717) is 6.04 Å². The quantitative estimate of drug-likeness (QED) is 0.783. The van der Waals surface area contributed by atoms with Gasteiger partial charge in [-0.25, -0.2) is 0 Å². The van der Waals surface area contributed by atoms with Crippen LogP contribution in [-0.2, 0) is 6.54 Å². The van der Waals surface area contributed by atoms with Crippen molar-refractivity contribution in [1.82, 2.24) is 10.2 Å². The Hall–Kier alpha value is -0.480. The summed E-state index contributed by atoms with van der Waals surface area (Å²) < 4.78 is 5.83. The van der Waals surface area contributed by atoms with E-state index in [9.17, 15) is 0 Å². The molecule has 0 aromatic heterocycles. The van der Waals surface area contributed by atoms with E-state index in [1.54, 1.807) is 0 Å². The number of nitrogens with one attached hydrogen (secondary N) is 1. The average Bonchev–Trinajstić information content (AvgIpc) is 2.47. The average molecular weight is 275 g/mol. The van der Waals surface area contributed by atoms with Gasteiger partial charge in [-0.3, -0.25) is 4.90 Å². The van der Waals surface area contributed by atoms with Crippen molar-refractivity contribution < 1.29 is 4.74 Å². The fourth-order valence-electron chi connectivity index (χ4n) is 2.39. The molecule has 5 heteroatoms. The van der Waals surface area contributed by atoms with Crippen LogP contribution in [0.15, 0.2) is 18.2 Å². The maximum atomic E-state index is 6.02.